The number of hydrogen-bond acceptors (Lipinski definition) is 4. The molecule has 1 aromatic rings. The zero-order valence-electron chi connectivity index (χ0n) is 11.0. The average Bonchev–Trinajstić information content (AvgIpc) is 2.48. The molecule has 1 heterocycles. The van der Waals surface area contributed by atoms with Crippen LogP contribution >= 0.6 is 11.8 Å². The van der Waals surface area contributed by atoms with Gasteiger partial charge in [0.2, 0.25) is 5.91 Å². The van der Waals surface area contributed by atoms with Crippen molar-refractivity contribution in [2.24, 2.45) is 0 Å². The van der Waals surface area contributed by atoms with Crippen molar-refractivity contribution in [1.29, 1.82) is 0 Å². The molecule has 0 spiro atoms. The number of carbonyl (C=O) groups excluding carboxylic acids is 1. The van der Waals surface area contributed by atoms with Crippen LogP contribution in [0.1, 0.15) is 18.0 Å². The molecule has 1 aliphatic rings. The van der Waals surface area contributed by atoms with Crippen LogP contribution in [0.2, 0.25) is 0 Å². The molecule has 0 aliphatic carbocycles. The Morgan fingerprint density at radius 2 is 2.15 bits per heavy atom. The lowest BCUT2D eigenvalue weighted by Crippen LogP contribution is -2.49. The fraction of sp³-hybridized carbons (Fsp3) is 0.429. The first kappa shape index (κ1) is 14.9. The van der Waals surface area contributed by atoms with Gasteiger partial charge in [0.05, 0.1) is 18.5 Å². The van der Waals surface area contributed by atoms with E-state index >= 15 is 0 Å². The summed E-state index contributed by atoms with van der Waals surface area (Å²) in [5.74, 6) is 0.666. The number of rotatable bonds is 5. The smallest absolute Gasteiger partial charge is 0.305 e. The molecule has 5 nitrogen and oxygen atoms in total. The number of amides is 1. The number of benzene rings is 1. The molecule has 1 aromatic carbocycles. The molecule has 1 amide bonds. The standard InChI is InChI=1S/C14H18N2O3S/c17-13(18)8-11(10-4-2-1-3-5-10)16-14(19)12-9-20-7-6-15-12/h1-5,11-12,15H,6-9H2,(H,16,19)(H,17,18). The van der Waals surface area contributed by atoms with Crippen LogP contribution in [0.3, 0.4) is 0 Å². The van der Waals surface area contributed by atoms with Gasteiger partial charge in [-0.05, 0) is 5.56 Å². The minimum absolute atomic E-state index is 0.115. The van der Waals surface area contributed by atoms with Gasteiger partial charge in [-0.15, -0.1) is 0 Å². The average molecular weight is 294 g/mol. The summed E-state index contributed by atoms with van der Waals surface area (Å²) in [6.45, 7) is 0.803. The molecule has 108 valence electrons. The summed E-state index contributed by atoms with van der Waals surface area (Å²) >= 11 is 1.73. The number of aliphatic carboxylic acids is 1. The Labute approximate surface area is 122 Å². The Morgan fingerprint density at radius 1 is 1.40 bits per heavy atom. The summed E-state index contributed by atoms with van der Waals surface area (Å²) in [7, 11) is 0. The predicted molar refractivity (Wildman–Crippen MR) is 78.7 cm³/mol. The van der Waals surface area contributed by atoms with Crippen molar-refractivity contribution in [3.8, 4) is 0 Å². The van der Waals surface area contributed by atoms with E-state index in [1.165, 1.54) is 0 Å². The highest BCUT2D eigenvalue weighted by Crippen LogP contribution is 2.17. The quantitative estimate of drug-likeness (QED) is 0.756. The molecule has 1 aliphatic heterocycles. The second-order valence-corrected chi connectivity index (χ2v) is 5.80. The minimum Gasteiger partial charge on any atom is -0.481 e. The van der Waals surface area contributed by atoms with Crippen molar-refractivity contribution >= 4 is 23.6 Å². The normalized spacial score (nSPS) is 20.1. The van der Waals surface area contributed by atoms with E-state index in [1.54, 1.807) is 11.8 Å². The summed E-state index contributed by atoms with van der Waals surface area (Å²) < 4.78 is 0. The maximum absolute atomic E-state index is 12.2. The monoisotopic (exact) mass is 294 g/mol. The van der Waals surface area contributed by atoms with E-state index in [4.69, 9.17) is 5.11 Å². The van der Waals surface area contributed by atoms with E-state index in [1.807, 2.05) is 30.3 Å². The van der Waals surface area contributed by atoms with E-state index in [2.05, 4.69) is 10.6 Å². The van der Waals surface area contributed by atoms with Crippen LogP contribution in [0.5, 0.6) is 0 Å². The summed E-state index contributed by atoms with van der Waals surface area (Å²) in [6, 6.07) is 8.47. The van der Waals surface area contributed by atoms with E-state index in [0.717, 1.165) is 23.6 Å². The molecule has 2 atom stereocenters. The third-order valence-corrected chi connectivity index (χ3v) is 4.20. The van der Waals surface area contributed by atoms with Crippen molar-refractivity contribution in [2.75, 3.05) is 18.1 Å². The van der Waals surface area contributed by atoms with Crippen LogP contribution in [0.4, 0.5) is 0 Å². The van der Waals surface area contributed by atoms with E-state index in [0.29, 0.717) is 0 Å². The molecule has 2 unspecified atom stereocenters. The van der Waals surface area contributed by atoms with Crippen molar-refractivity contribution in [2.45, 2.75) is 18.5 Å². The highest BCUT2D eigenvalue weighted by molar-refractivity contribution is 7.99. The van der Waals surface area contributed by atoms with E-state index < -0.39 is 12.0 Å². The van der Waals surface area contributed by atoms with Crippen molar-refractivity contribution < 1.29 is 14.7 Å². The number of hydrogen-bond donors (Lipinski definition) is 3. The van der Waals surface area contributed by atoms with Crippen LogP contribution in [-0.4, -0.2) is 41.1 Å². The lowest BCUT2D eigenvalue weighted by Gasteiger charge is -2.25. The highest BCUT2D eigenvalue weighted by Gasteiger charge is 2.25. The molecule has 2 rings (SSSR count). The number of carbonyl (C=O) groups is 2. The first-order chi connectivity index (χ1) is 9.66. The molecule has 3 N–H and O–H groups in total. The summed E-state index contributed by atoms with van der Waals surface area (Å²) in [5.41, 5.74) is 0.812. The zero-order valence-corrected chi connectivity index (χ0v) is 11.9. The van der Waals surface area contributed by atoms with Gasteiger partial charge in [0, 0.05) is 18.1 Å². The van der Waals surface area contributed by atoms with Gasteiger partial charge in [-0.1, -0.05) is 30.3 Å². The first-order valence-electron chi connectivity index (χ1n) is 6.55. The van der Waals surface area contributed by atoms with Crippen molar-refractivity contribution in [3.05, 3.63) is 35.9 Å². The Hall–Kier alpha value is -1.53. The molecule has 6 heteroatoms. The molecular weight excluding hydrogens is 276 g/mol. The van der Waals surface area contributed by atoms with Gasteiger partial charge in [0.15, 0.2) is 0 Å². The summed E-state index contributed by atoms with van der Waals surface area (Å²) in [5, 5.41) is 15.0. The van der Waals surface area contributed by atoms with Crippen LogP contribution in [0.15, 0.2) is 30.3 Å². The van der Waals surface area contributed by atoms with Crippen LogP contribution in [0.25, 0.3) is 0 Å². The molecule has 20 heavy (non-hydrogen) atoms. The molecule has 0 aromatic heterocycles. The third-order valence-electron chi connectivity index (χ3n) is 3.14. The minimum atomic E-state index is -0.926. The van der Waals surface area contributed by atoms with Gasteiger partial charge in [-0.2, -0.15) is 11.8 Å². The Bertz CT molecular complexity index is 461. The van der Waals surface area contributed by atoms with Crippen molar-refractivity contribution in [1.82, 2.24) is 10.6 Å². The Kier molecular flexibility index (Phi) is 5.43. The van der Waals surface area contributed by atoms with E-state index in [-0.39, 0.29) is 18.4 Å². The third kappa shape index (κ3) is 4.25. The van der Waals surface area contributed by atoms with Gasteiger partial charge in [0.25, 0.3) is 0 Å². The Morgan fingerprint density at radius 3 is 2.75 bits per heavy atom. The number of thioether (sulfide) groups is 1. The molecule has 0 saturated carbocycles. The van der Waals surface area contributed by atoms with Gasteiger partial charge in [-0.3, -0.25) is 9.59 Å². The summed E-state index contributed by atoms with van der Waals surface area (Å²) in [4.78, 5) is 23.2. The van der Waals surface area contributed by atoms with Crippen LogP contribution in [-0.2, 0) is 9.59 Å². The fourth-order valence-electron chi connectivity index (χ4n) is 2.12. The molecular formula is C14H18N2O3S. The molecule has 0 bridgehead atoms. The van der Waals surface area contributed by atoms with Crippen LogP contribution < -0.4 is 10.6 Å². The SMILES string of the molecule is O=C(O)CC(NC(=O)C1CSCCN1)c1ccccc1. The van der Waals surface area contributed by atoms with Crippen molar-refractivity contribution in [3.63, 3.8) is 0 Å². The lowest BCUT2D eigenvalue weighted by atomic mass is 10.0. The summed E-state index contributed by atoms with van der Waals surface area (Å²) in [6.07, 6.45) is -0.115. The van der Waals surface area contributed by atoms with Gasteiger partial charge in [0.1, 0.15) is 0 Å². The Balaban J connectivity index is 2.03. The highest BCUT2D eigenvalue weighted by atomic mass is 32.2. The fourth-order valence-corrected chi connectivity index (χ4v) is 3.05. The van der Waals surface area contributed by atoms with Gasteiger partial charge >= 0.3 is 5.97 Å². The number of carboxylic acids is 1. The zero-order chi connectivity index (χ0) is 14.4. The first-order valence-corrected chi connectivity index (χ1v) is 7.70. The maximum Gasteiger partial charge on any atom is 0.305 e. The number of carboxylic acid groups (broad SMARTS) is 1. The number of nitrogens with one attached hydrogen (secondary N) is 2. The maximum atomic E-state index is 12.2. The molecule has 1 fully saturated rings. The van der Waals surface area contributed by atoms with Crippen LogP contribution in [0, 0.1) is 0 Å². The van der Waals surface area contributed by atoms with Gasteiger partial charge in [-0.25, -0.2) is 0 Å². The topological polar surface area (TPSA) is 78.4 Å². The molecule has 1 saturated heterocycles. The molecule has 0 radical (unpaired) electrons. The lowest BCUT2D eigenvalue weighted by molar-refractivity contribution is -0.137. The predicted octanol–water partition coefficient (Wildman–Crippen LogP) is 1.02. The second kappa shape index (κ2) is 7.31. The second-order valence-electron chi connectivity index (χ2n) is 4.65. The largest absolute Gasteiger partial charge is 0.481 e. The van der Waals surface area contributed by atoms with Gasteiger partial charge < -0.3 is 15.7 Å². The van der Waals surface area contributed by atoms with E-state index in [9.17, 15) is 9.59 Å².